The Morgan fingerprint density at radius 1 is 1.72 bits per heavy atom. The van der Waals surface area contributed by atoms with Crippen molar-refractivity contribution in [3.05, 3.63) is 22.0 Å². The van der Waals surface area contributed by atoms with Crippen LogP contribution in [-0.4, -0.2) is 38.6 Å². The van der Waals surface area contributed by atoms with Gasteiger partial charge in [0.1, 0.15) is 18.0 Å². The second-order valence-corrected chi connectivity index (χ2v) is 4.41. The van der Waals surface area contributed by atoms with E-state index in [1.807, 2.05) is 0 Å². The van der Waals surface area contributed by atoms with Gasteiger partial charge in [0.2, 0.25) is 0 Å². The lowest BCUT2D eigenvalue weighted by Gasteiger charge is -2.18. The van der Waals surface area contributed by atoms with Crippen LogP contribution in [0.4, 0.5) is 5.69 Å². The number of ether oxygens (including phenoxy) is 1. The van der Waals surface area contributed by atoms with Crippen LogP contribution in [0.25, 0.3) is 0 Å². The Morgan fingerprint density at radius 3 is 3.11 bits per heavy atom. The highest BCUT2D eigenvalue weighted by molar-refractivity contribution is 5.35. The van der Waals surface area contributed by atoms with Gasteiger partial charge in [-0.1, -0.05) is 0 Å². The Bertz CT molecular complexity index is 447. The fourth-order valence-electron chi connectivity index (χ4n) is 2.14. The molecule has 1 aromatic heterocycles. The van der Waals surface area contributed by atoms with E-state index in [0.717, 1.165) is 0 Å². The molecule has 18 heavy (non-hydrogen) atoms. The molecule has 8 heteroatoms. The maximum atomic E-state index is 10.9. The van der Waals surface area contributed by atoms with Crippen molar-refractivity contribution in [3.8, 4) is 0 Å². The number of hydrogen-bond donors (Lipinski definition) is 2. The van der Waals surface area contributed by atoms with Gasteiger partial charge in [0.15, 0.2) is 0 Å². The first-order valence-corrected chi connectivity index (χ1v) is 5.72. The summed E-state index contributed by atoms with van der Waals surface area (Å²) >= 11 is 0. The van der Waals surface area contributed by atoms with Crippen molar-refractivity contribution in [1.29, 1.82) is 0 Å². The summed E-state index contributed by atoms with van der Waals surface area (Å²) in [6.07, 6.45) is 0.675. The molecule has 0 saturated carbocycles. The molecule has 100 valence electrons. The Hall–Kier alpha value is -1.51. The summed E-state index contributed by atoms with van der Waals surface area (Å²) < 4.78 is 6.96. The summed E-state index contributed by atoms with van der Waals surface area (Å²) in [5, 5.41) is 24.6. The van der Waals surface area contributed by atoms with Gasteiger partial charge < -0.3 is 15.6 Å². The lowest BCUT2D eigenvalue weighted by atomic mass is 10.0. The second-order valence-electron chi connectivity index (χ2n) is 4.41. The zero-order chi connectivity index (χ0) is 13.3. The monoisotopic (exact) mass is 256 g/mol. The number of aryl methyl sites for hydroxylation is 1. The molecule has 0 aromatic carbocycles. The predicted molar refractivity (Wildman–Crippen MR) is 61.8 cm³/mol. The molecule has 2 rings (SSSR count). The number of aliphatic hydroxyl groups excluding tert-OH is 1. The van der Waals surface area contributed by atoms with Gasteiger partial charge in [0, 0.05) is 26.1 Å². The van der Waals surface area contributed by atoms with Crippen LogP contribution < -0.4 is 5.73 Å². The normalized spacial score (nSPS) is 28.9. The third-order valence-electron chi connectivity index (χ3n) is 3.19. The zero-order valence-corrected chi connectivity index (χ0v) is 10.0. The molecule has 1 fully saturated rings. The Balaban J connectivity index is 2.30. The maximum absolute atomic E-state index is 10.9. The molecular formula is C10H16N4O4. The van der Waals surface area contributed by atoms with Gasteiger partial charge in [-0.2, -0.15) is 5.10 Å². The van der Waals surface area contributed by atoms with Crippen LogP contribution in [0.3, 0.4) is 0 Å². The Morgan fingerprint density at radius 2 is 2.44 bits per heavy atom. The van der Waals surface area contributed by atoms with Gasteiger partial charge in [-0.3, -0.25) is 14.8 Å². The first kappa shape index (κ1) is 12.9. The minimum atomic E-state index is -0.730. The molecule has 2 heterocycles. The summed E-state index contributed by atoms with van der Waals surface area (Å²) in [4.78, 5) is 10.4. The number of aromatic nitrogens is 2. The van der Waals surface area contributed by atoms with Crippen LogP contribution in [0.2, 0.25) is 0 Å². The average molecular weight is 256 g/mol. The van der Waals surface area contributed by atoms with Crippen molar-refractivity contribution in [2.24, 2.45) is 12.8 Å². The molecule has 3 atom stereocenters. The summed E-state index contributed by atoms with van der Waals surface area (Å²) in [6.45, 7) is 0.366. The van der Waals surface area contributed by atoms with Crippen LogP contribution in [0.15, 0.2) is 6.20 Å². The van der Waals surface area contributed by atoms with Gasteiger partial charge >= 0.3 is 5.69 Å². The highest BCUT2D eigenvalue weighted by Crippen LogP contribution is 2.32. The van der Waals surface area contributed by atoms with Crippen LogP contribution in [0.1, 0.15) is 24.6 Å². The lowest BCUT2D eigenvalue weighted by Crippen LogP contribution is -2.34. The number of rotatable bonds is 2. The van der Waals surface area contributed by atoms with Crippen LogP contribution in [0.5, 0.6) is 0 Å². The molecule has 1 aromatic rings. The number of nitro groups is 1. The lowest BCUT2D eigenvalue weighted by molar-refractivity contribution is -0.386. The molecule has 1 unspecified atom stereocenters. The van der Waals surface area contributed by atoms with E-state index in [-0.39, 0.29) is 18.2 Å². The number of nitrogens with two attached hydrogens (primary N) is 1. The number of hydrogen-bond acceptors (Lipinski definition) is 6. The summed E-state index contributed by atoms with van der Waals surface area (Å²) in [5.41, 5.74) is 6.02. The fourth-order valence-corrected chi connectivity index (χ4v) is 2.14. The van der Waals surface area contributed by atoms with E-state index in [1.54, 1.807) is 7.05 Å². The quantitative estimate of drug-likeness (QED) is 0.562. The van der Waals surface area contributed by atoms with Gasteiger partial charge in [0.05, 0.1) is 11.0 Å². The minimum Gasteiger partial charge on any atom is -0.391 e. The molecule has 0 amide bonds. The topological polar surface area (TPSA) is 116 Å². The molecule has 8 nitrogen and oxygen atoms in total. The number of aliphatic hydroxyl groups is 1. The van der Waals surface area contributed by atoms with E-state index >= 15 is 0 Å². The Labute approximate surface area is 103 Å². The molecule has 1 aliphatic heterocycles. The van der Waals surface area contributed by atoms with Gasteiger partial charge in [-0.05, 0) is 6.42 Å². The molecule has 1 saturated heterocycles. The van der Waals surface area contributed by atoms with Crippen molar-refractivity contribution in [3.63, 3.8) is 0 Å². The van der Waals surface area contributed by atoms with E-state index in [4.69, 9.17) is 10.5 Å². The van der Waals surface area contributed by atoms with E-state index < -0.39 is 17.1 Å². The molecule has 1 aliphatic rings. The van der Waals surface area contributed by atoms with Crippen molar-refractivity contribution in [1.82, 2.24) is 9.78 Å². The van der Waals surface area contributed by atoms with Gasteiger partial charge in [-0.25, -0.2) is 0 Å². The maximum Gasteiger partial charge on any atom is 0.312 e. The summed E-state index contributed by atoms with van der Waals surface area (Å²) in [7, 11) is 1.61. The highest BCUT2D eigenvalue weighted by atomic mass is 16.6. The SMILES string of the molecule is Cn1ncc([N+](=O)[O-])c1C1C[C@H](O)[C@@H](N)CCO1. The smallest absolute Gasteiger partial charge is 0.312 e. The fraction of sp³-hybridized carbons (Fsp3) is 0.700. The molecule has 0 radical (unpaired) electrons. The van der Waals surface area contributed by atoms with Crippen molar-refractivity contribution < 1.29 is 14.8 Å². The summed E-state index contributed by atoms with van der Waals surface area (Å²) in [5.74, 6) is 0. The molecule has 0 spiro atoms. The van der Waals surface area contributed by atoms with E-state index in [0.29, 0.717) is 18.7 Å². The van der Waals surface area contributed by atoms with E-state index in [1.165, 1.54) is 10.9 Å². The summed E-state index contributed by atoms with van der Waals surface area (Å²) in [6, 6.07) is -0.359. The predicted octanol–water partition coefficient (Wildman–Crippen LogP) is -0.132. The zero-order valence-electron chi connectivity index (χ0n) is 10.0. The molecule has 3 N–H and O–H groups in total. The first-order valence-electron chi connectivity index (χ1n) is 5.72. The molecule has 0 aliphatic carbocycles. The van der Waals surface area contributed by atoms with Crippen molar-refractivity contribution in [2.45, 2.75) is 31.1 Å². The van der Waals surface area contributed by atoms with Crippen molar-refractivity contribution in [2.75, 3.05) is 6.61 Å². The van der Waals surface area contributed by atoms with E-state index in [2.05, 4.69) is 5.10 Å². The third-order valence-corrected chi connectivity index (χ3v) is 3.19. The molecular weight excluding hydrogens is 240 g/mol. The largest absolute Gasteiger partial charge is 0.391 e. The highest BCUT2D eigenvalue weighted by Gasteiger charge is 2.33. The Kier molecular flexibility index (Phi) is 3.60. The van der Waals surface area contributed by atoms with Crippen LogP contribution in [0, 0.1) is 10.1 Å². The van der Waals surface area contributed by atoms with Crippen molar-refractivity contribution >= 4 is 5.69 Å². The average Bonchev–Trinajstić information content (AvgIpc) is 2.61. The first-order chi connectivity index (χ1) is 8.50. The van der Waals surface area contributed by atoms with Gasteiger partial charge in [0.25, 0.3) is 0 Å². The van der Waals surface area contributed by atoms with Gasteiger partial charge in [-0.15, -0.1) is 0 Å². The molecule has 0 bridgehead atoms. The number of nitrogens with zero attached hydrogens (tertiary/aromatic N) is 3. The van der Waals surface area contributed by atoms with Crippen LogP contribution in [-0.2, 0) is 11.8 Å². The standard InChI is InChI=1S/C10H16N4O4/c1-13-10(7(5-12-13)14(16)17)9-4-8(15)6(11)2-3-18-9/h5-6,8-9,15H,2-4,11H2,1H3/t6-,8-,9?/m0/s1. The second kappa shape index (κ2) is 5.01. The third kappa shape index (κ3) is 2.35. The van der Waals surface area contributed by atoms with E-state index in [9.17, 15) is 15.2 Å². The minimum absolute atomic E-state index is 0.0924. The van der Waals surface area contributed by atoms with Crippen LogP contribution >= 0.6 is 0 Å².